The molecule has 2 aliphatic carbocycles. The van der Waals surface area contributed by atoms with Crippen molar-refractivity contribution in [2.45, 2.75) is 6.42 Å². The zero-order valence-electron chi connectivity index (χ0n) is 17.1. The van der Waals surface area contributed by atoms with Gasteiger partial charge in [-0.3, -0.25) is 4.79 Å². The smallest absolute Gasteiger partial charge is 0.311 e. The van der Waals surface area contributed by atoms with Gasteiger partial charge < -0.3 is 14.4 Å². The third kappa shape index (κ3) is 3.33. The van der Waals surface area contributed by atoms with Gasteiger partial charge in [0.15, 0.2) is 0 Å². The number of hydrogen-bond donors (Lipinski definition) is 1. The zero-order valence-corrected chi connectivity index (χ0v) is 17.1. The second-order valence-electron chi connectivity index (χ2n) is 7.80. The Kier molecular flexibility index (Phi) is 4.74. The lowest BCUT2D eigenvalue weighted by atomic mass is 9.82. The zero-order chi connectivity index (χ0) is 20.7. The molecular weight excluding hydrogens is 364 g/mol. The van der Waals surface area contributed by atoms with Gasteiger partial charge in [0.25, 0.3) is 0 Å². The predicted octanol–water partition coefficient (Wildman–Crippen LogP) is 3.68. The van der Waals surface area contributed by atoms with Crippen LogP contribution in [0.4, 0.5) is 5.69 Å². The average molecular weight is 389 g/mol. The van der Waals surface area contributed by atoms with Crippen LogP contribution in [-0.2, 0) is 4.79 Å². The maximum Gasteiger partial charge on any atom is 0.311 e. The van der Waals surface area contributed by atoms with Gasteiger partial charge >= 0.3 is 5.97 Å². The molecule has 0 bridgehead atoms. The summed E-state index contributed by atoms with van der Waals surface area (Å²) in [5.41, 5.74) is 4.46. The number of carbonyl (C=O) groups is 1. The van der Waals surface area contributed by atoms with E-state index < -0.39 is 11.9 Å². The van der Waals surface area contributed by atoms with Crippen molar-refractivity contribution in [3.8, 4) is 11.3 Å². The van der Waals surface area contributed by atoms with Crippen LogP contribution in [-0.4, -0.2) is 39.3 Å². The van der Waals surface area contributed by atoms with Crippen molar-refractivity contribution < 1.29 is 14.3 Å². The molecule has 1 unspecified atom stereocenters. The summed E-state index contributed by atoms with van der Waals surface area (Å²) in [7, 11) is 7.95. The molecule has 1 heterocycles. The van der Waals surface area contributed by atoms with Crippen molar-refractivity contribution in [2.75, 3.05) is 33.1 Å². The number of anilines is 1. The van der Waals surface area contributed by atoms with E-state index >= 15 is 0 Å². The number of benzene rings is 2. The minimum Gasteiger partial charge on any atom is -0.481 e. The van der Waals surface area contributed by atoms with Crippen LogP contribution < -0.4 is 14.8 Å². The first-order valence-corrected chi connectivity index (χ1v) is 9.65. The monoisotopic (exact) mass is 389 g/mol. The van der Waals surface area contributed by atoms with Crippen molar-refractivity contribution in [1.82, 2.24) is 4.58 Å². The van der Waals surface area contributed by atoms with Crippen LogP contribution in [0.2, 0.25) is 0 Å². The third-order valence-electron chi connectivity index (χ3n) is 5.47. The van der Waals surface area contributed by atoms with Crippen molar-refractivity contribution >= 4 is 28.2 Å². The lowest BCUT2D eigenvalue weighted by Gasteiger charge is -2.23. The van der Waals surface area contributed by atoms with E-state index in [0.29, 0.717) is 6.42 Å². The second kappa shape index (κ2) is 7.24. The molecule has 0 spiro atoms. The van der Waals surface area contributed by atoms with Crippen LogP contribution in [0.3, 0.4) is 0 Å². The Bertz CT molecular complexity index is 1210. The number of fused-ring (bicyclic) bond motifs is 2. The van der Waals surface area contributed by atoms with E-state index in [1.807, 2.05) is 92.3 Å². The van der Waals surface area contributed by atoms with Gasteiger partial charge in [-0.05, 0) is 30.2 Å². The van der Waals surface area contributed by atoms with Gasteiger partial charge in [-0.25, -0.2) is 4.58 Å². The van der Waals surface area contributed by atoms with E-state index in [4.69, 9.17) is 4.42 Å². The van der Waals surface area contributed by atoms with E-state index in [-0.39, 0.29) is 0 Å². The highest BCUT2D eigenvalue weighted by Gasteiger charge is 2.29. The second-order valence-corrected chi connectivity index (χ2v) is 7.80. The maximum atomic E-state index is 12.0. The Morgan fingerprint density at radius 1 is 1.17 bits per heavy atom. The average Bonchev–Trinajstić information content (AvgIpc) is 2.70. The fourth-order valence-corrected chi connectivity index (χ4v) is 3.86. The molecule has 1 aromatic rings. The lowest BCUT2D eigenvalue weighted by molar-refractivity contribution is -0.139. The molecule has 5 heteroatoms. The fourth-order valence-electron chi connectivity index (χ4n) is 3.86. The van der Waals surface area contributed by atoms with Crippen LogP contribution >= 0.6 is 0 Å². The van der Waals surface area contributed by atoms with Gasteiger partial charge in [0.1, 0.15) is 25.4 Å². The molecule has 0 saturated carbocycles. The highest BCUT2D eigenvalue weighted by atomic mass is 16.4. The van der Waals surface area contributed by atoms with Crippen LogP contribution in [0.1, 0.15) is 12.0 Å². The van der Waals surface area contributed by atoms with E-state index in [1.165, 1.54) is 0 Å². The van der Waals surface area contributed by atoms with E-state index in [9.17, 15) is 9.90 Å². The summed E-state index contributed by atoms with van der Waals surface area (Å²) in [6.07, 6.45) is 6.27. The van der Waals surface area contributed by atoms with Gasteiger partial charge in [0.05, 0.1) is 12.0 Å². The first-order chi connectivity index (χ1) is 13.9. The molecule has 29 heavy (non-hydrogen) atoms. The molecule has 1 atom stereocenters. The SMILES string of the molecule is CN(C)c1ccc2c(C3=CC=CCC3C(=O)O)c3ccc(=[N+](C)C)cc-3oc2c1. The van der Waals surface area contributed by atoms with Gasteiger partial charge in [-0.15, -0.1) is 0 Å². The number of nitrogens with zero attached hydrogens (tertiary/aromatic N) is 2. The summed E-state index contributed by atoms with van der Waals surface area (Å²) >= 11 is 0. The molecule has 0 fully saturated rings. The molecule has 0 aromatic heterocycles. The number of aliphatic carboxylic acids is 1. The molecule has 1 aliphatic heterocycles. The Labute approximate surface area is 169 Å². The maximum absolute atomic E-state index is 12.0. The molecule has 1 N–H and O–H groups in total. The molecular formula is C24H25N2O3+. The van der Waals surface area contributed by atoms with Crippen LogP contribution in [0.25, 0.3) is 27.9 Å². The highest BCUT2D eigenvalue weighted by molar-refractivity contribution is 6.03. The Morgan fingerprint density at radius 3 is 2.66 bits per heavy atom. The third-order valence-corrected chi connectivity index (χ3v) is 5.47. The van der Waals surface area contributed by atoms with Gasteiger partial charge in [0.2, 0.25) is 5.36 Å². The molecule has 4 rings (SSSR count). The molecule has 1 aromatic carbocycles. The summed E-state index contributed by atoms with van der Waals surface area (Å²) in [6, 6.07) is 12.2. The lowest BCUT2D eigenvalue weighted by Crippen LogP contribution is -2.22. The molecule has 0 amide bonds. The van der Waals surface area contributed by atoms with Gasteiger partial charge in [-0.2, -0.15) is 0 Å². The Balaban J connectivity index is 2.12. The summed E-state index contributed by atoms with van der Waals surface area (Å²) < 4.78 is 8.33. The molecule has 5 nitrogen and oxygen atoms in total. The largest absolute Gasteiger partial charge is 0.481 e. The summed E-state index contributed by atoms with van der Waals surface area (Å²) in [4.78, 5) is 14.0. The normalized spacial score (nSPS) is 16.1. The first-order valence-electron chi connectivity index (χ1n) is 9.65. The van der Waals surface area contributed by atoms with Gasteiger partial charge in [0, 0.05) is 48.4 Å². The van der Waals surface area contributed by atoms with Crippen LogP contribution in [0, 0.1) is 5.92 Å². The minimum atomic E-state index is -0.808. The van der Waals surface area contributed by atoms with Crippen molar-refractivity contribution in [3.63, 3.8) is 0 Å². The predicted molar refractivity (Wildman–Crippen MR) is 117 cm³/mol. The quantitative estimate of drug-likeness (QED) is 0.548. The fraction of sp³-hybridized carbons (Fsp3) is 0.250. The van der Waals surface area contributed by atoms with Crippen molar-refractivity contribution in [1.29, 1.82) is 0 Å². The van der Waals surface area contributed by atoms with Gasteiger partial charge in [-0.1, -0.05) is 18.2 Å². The number of carboxylic acids is 1. The molecule has 0 saturated heterocycles. The Morgan fingerprint density at radius 2 is 1.97 bits per heavy atom. The molecule has 3 aliphatic rings. The van der Waals surface area contributed by atoms with E-state index in [2.05, 4.69) is 0 Å². The Hall–Kier alpha value is -3.34. The molecule has 148 valence electrons. The number of hydrogen-bond acceptors (Lipinski definition) is 3. The summed E-state index contributed by atoms with van der Waals surface area (Å²) in [6.45, 7) is 0. The van der Waals surface area contributed by atoms with E-state index in [1.54, 1.807) is 0 Å². The number of carboxylic acid groups (broad SMARTS) is 1. The standard InChI is InChI=1S/C24H24N2O3/c1-25(2)15-9-11-19-21(13-15)29-22-14-16(26(3)4)10-12-20(22)23(19)17-7-5-6-8-18(17)24(27)28/h5-7,9-14,18H,8H2,1-4H3/p+1. The minimum absolute atomic E-state index is 0.488. The van der Waals surface area contributed by atoms with Crippen molar-refractivity contribution in [3.05, 3.63) is 65.5 Å². The highest BCUT2D eigenvalue weighted by Crippen LogP contribution is 2.42. The van der Waals surface area contributed by atoms with Crippen LogP contribution in [0.15, 0.2) is 59.0 Å². The molecule has 0 radical (unpaired) electrons. The topological polar surface area (TPSA) is 56.7 Å². The number of allylic oxidation sites excluding steroid dienone is 3. The van der Waals surface area contributed by atoms with Crippen LogP contribution in [0.5, 0.6) is 0 Å². The summed E-state index contributed by atoms with van der Waals surface area (Å²) in [5, 5.41) is 11.8. The van der Waals surface area contributed by atoms with Crippen molar-refractivity contribution in [2.24, 2.45) is 5.92 Å². The number of rotatable bonds is 3. The van der Waals surface area contributed by atoms with E-state index in [0.717, 1.165) is 44.5 Å². The first kappa shape index (κ1) is 19.0. The summed E-state index contributed by atoms with van der Waals surface area (Å²) in [5.74, 6) is -0.637.